The summed E-state index contributed by atoms with van der Waals surface area (Å²) in [5, 5.41) is 11.4. The summed E-state index contributed by atoms with van der Waals surface area (Å²) in [5.74, 6) is 0.860. The summed E-state index contributed by atoms with van der Waals surface area (Å²) in [5.41, 5.74) is 3.67. The second-order valence-electron chi connectivity index (χ2n) is 7.45. The lowest BCUT2D eigenvalue weighted by Crippen LogP contribution is -2.47. The summed E-state index contributed by atoms with van der Waals surface area (Å²) >= 11 is 0. The lowest BCUT2D eigenvalue weighted by atomic mass is 10.1. The van der Waals surface area contributed by atoms with Gasteiger partial charge in [-0.1, -0.05) is 0 Å². The normalized spacial score (nSPS) is 13.8. The lowest BCUT2D eigenvalue weighted by Gasteiger charge is -2.30. The Morgan fingerprint density at radius 2 is 1.76 bits per heavy atom. The fraction of sp³-hybridized carbons (Fsp3) is 0.789. The van der Waals surface area contributed by atoms with Crippen LogP contribution in [0.4, 0.5) is 0 Å². The molecule has 0 radical (unpaired) electrons. The third-order valence-corrected chi connectivity index (χ3v) is 4.76. The molecule has 1 heterocycles. The largest absolute Gasteiger partial charge is 0.355 e. The summed E-state index contributed by atoms with van der Waals surface area (Å²) in [7, 11) is 3.82. The van der Waals surface area contributed by atoms with E-state index in [1.54, 1.807) is 0 Å². The van der Waals surface area contributed by atoms with Gasteiger partial charge in [0, 0.05) is 51.0 Å². The van der Waals surface area contributed by atoms with Crippen molar-refractivity contribution in [2.45, 2.75) is 73.0 Å². The number of hydrogen-bond donors (Lipinski definition) is 2. The lowest BCUT2D eigenvalue weighted by molar-refractivity contribution is 0.178. The molecule has 0 aliphatic heterocycles. The van der Waals surface area contributed by atoms with E-state index in [9.17, 15) is 0 Å². The minimum absolute atomic E-state index is 0.291. The zero-order valence-corrected chi connectivity index (χ0v) is 17.6. The van der Waals surface area contributed by atoms with Gasteiger partial charge in [0.05, 0.1) is 5.69 Å². The van der Waals surface area contributed by atoms with Crippen LogP contribution in [0.2, 0.25) is 0 Å². The van der Waals surface area contributed by atoms with Crippen molar-refractivity contribution < 1.29 is 0 Å². The molecule has 1 rings (SSSR count). The zero-order valence-electron chi connectivity index (χ0n) is 17.6. The monoisotopic (exact) mass is 350 g/mol. The van der Waals surface area contributed by atoms with Crippen molar-refractivity contribution in [1.29, 1.82) is 0 Å². The second kappa shape index (κ2) is 9.80. The minimum Gasteiger partial charge on any atom is -0.355 e. The number of nitrogens with one attached hydrogen (secondary N) is 2. The molecule has 0 saturated heterocycles. The number of guanidine groups is 1. The highest BCUT2D eigenvalue weighted by atomic mass is 15.3. The van der Waals surface area contributed by atoms with Crippen LogP contribution in [0.25, 0.3) is 0 Å². The van der Waals surface area contributed by atoms with Crippen LogP contribution in [-0.2, 0) is 13.5 Å². The predicted molar refractivity (Wildman–Crippen MR) is 107 cm³/mol. The molecule has 1 aromatic rings. The van der Waals surface area contributed by atoms with Gasteiger partial charge in [0.1, 0.15) is 0 Å². The van der Waals surface area contributed by atoms with Gasteiger partial charge in [-0.05, 0) is 60.5 Å². The number of aromatic nitrogens is 2. The van der Waals surface area contributed by atoms with Gasteiger partial charge >= 0.3 is 0 Å². The van der Waals surface area contributed by atoms with Gasteiger partial charge in [0.25, 0.3) is 0 Å². The van der Waals surface area contributed by atoms with Gasteiger partial charge in [-0.3, -0.25) is 14.6 Å². The molecule has 0 amide bonds. The number of hydrogen-bond acceptors (Lipinski definition) is 3. The Morgan fingerprint density at radius 3 is 2.20 bits per heavy atom. The molecule has 0 aliphatic rings. The average molecular weight is 351 g/mol. The fourth-order valence-electron chi connectivity index (χ4n) is 3.31. The maximum absolute atomic E-state index is 4.50. The quantitative estimate of drug-likeness (QED) is 0.558. The average Bonchev–Trinajstić information content (AvgIpc) is 2.75. The van der Waals surface area contributed by atoms with Gasteiger partial charge in [-0.25, -0.2) is 0 Å². The molecule has 0 bridgehead atoms. The van der Waals surface area contributed by atoms with E-state index in [0.717, 1.165) is 31.2 Å². The maximum atomic E-state index is 4.50. The van der Waals surface area contributed by atoms with Crippen LogP contribution in [-0.4, -0.2) is 58.9 Å². The Bertz CT molecular complexity index is 551. The van der Waals surface area contributed by atoms with Gasteiger partial charge < -0.3 is 10.6 Å². The summed E-state index contributed by atoms with van der Waals surface area (Å²) in [6, 6.07) is 1.39. The Balaban J connectivity index is 2.53. The highest BCUT2D eigenvalue weighted by Crippen LogP contribution is 2.14. The first-order chi connectivity index (χ1) is 11.7. The van der Waals surface area contributed by atoms with Gasteiger partial charge in [-0.15, -0.1) is 0 Å². The van der Waals surface area contributed by atoms with Gasteiger partial charge in [-0.2, -0.15) is 5.10 Å². The molecule has 144 valence electrons. The van der Waals surface area contributed by atoms with E-state index in [2.05, 4.69) is 74.1 Å². The fourth-order valence-corrected chi connectivity index (χ4v) is 3.31. The first kappa shape index (κ1) is 21.5. The highest BCUT2D eigenvalue weighted by Gasteiger charge is 2.15. The molecule has 1 atom stereocenters. The van der Waals surface area contributed by atoms with Crippen LogP contribution < -0.4 is 10.6 Å². The molecular weight excluding hydrogens is 312 g/mol. The van der Waals surface area contributed by atoms with Gasteiger partial charge in [0.2, 0.25) is 0 Å². The van der Waals surface area contributed by atoms with E-state index in [1.165, 1.54) is 11.3 Å². The van der Waals surface area contributed by atoms with E-state index >= 15 is 0 Å². The molecule has 6 nitrogen and oxygen atoms in total. The van der Waals surface area contributed by atoms with Gasteiger partial charge in [0.15, 0.2) is 5.96 Å². The Hall–Kier alpha value is -1.56. The Labute approximate surface area is 154 Å². The summed E-state index contributed by atoms with van der Waals surface area (Å²) in [6.45, 7) is 17.3. The van der Waals surface area contributed by atoms with Crippen LogP contribution in [0.1, 0.15) is 51.6 Å². The van der Waals surface area contributed by atoms with Crippen LogP contribution in [0.3, 0.4) is 0 Å². The van der Waals surface area contributed by atoms with Crippen LogP contribution >= 0.6 is 0 Å². The Morgan fingerprint density at radius 1 is 1.16 bits per heavy atom. The molecular formula is C19H38N6. The van der Waals surface area contributed by atoms with E-state index in [1.807, 2.05) is 18.8 Å². The van der Waals surface area contributed by atoms with Crippen molar-refractivity contribution in [2.24, 2.45) is 12.0 Å². The number of rotatable bonds is 8. The van der Waals surface area contributed by atoms with E-state index < -0.39 is 0 Å². The molecule has 25 heavy (non-hydrogen) atoms. The highest BCUT2D eigenvalue weighted by molar-refractivity contribution is 5.79. The van der Waals surface area contributed by atoms with Crippen molar-refractivity contribution in [3.05, 3.63) is 17.0 Å². The molecule has 0 fully saturated rings. The SMILES string of the molecule is CN=C(NCCN(C(C)C)C(C)C)NC(C)Cc1c(C)nn(C)c1C. The predicted octanol–water partition coefficient (Wildman–Crippen LogP) is 2.25. The van der Waals surface area contributed by atoms with Crippen molar-refractivity contribution >= 4 is 5.96 Å². The van der Waals surface area contributed by atoms with Crippen LogP contribution in [0, 0.1) is 13.8 Å². The minimum atomic E-state index is 0.291. The standard InChI is InChI=1S/C19H38N6/c1-13(2)25(14(3)4)11-10-21-19(20-8)22-15(5)12-18-16(6)23-24(9)17(18)7/h13-15H,10-12H2,1-9H3,(H2,20,21,22). The summed E-state index contributed by atoms with van der Waals surface area (Å²) in [6.07, 6.45) is 0.941. The molecule has 6 heteroatoms. The first-order valence-electron chi connectivity index (χ1n) is 9.39. The first-order valence-corrected chi connectivity index (χ1v) is 9.39. The molecule has 0 aliphatic carbocycles. The van der Waals surface area contributed by atoms with Crippen molar-refractivity contribution in [3.63, 3.8) is 0 Å². The summed E-state index contributed by atoms with van der Waals surface area (Å²) in [4.78, 5) is 6.84. The van der Waals surface area contributed by atoms with E-state index in [4.69, 9.17) is 0 Å². The van der Waals surface area contributed by atoms with Crippen LogP contribution in [0.15, 0.2) is 4.99 Å². The molecule has 1 unspecified atom stereocenters. The third kappa shape index (κ3) is 6.34. The van der Waals surface area contributed by atoms with E-state index in [-0.39, 0.29) is 0 Å². The van der Waals surface area contributed by atoms with E-state index in [0.29, 0.717) is 18.1 Å². The van der Waals surface area contributed by atoms with Crippen molar-refractivity contribution in [2.75, 3.05) is 20.1 Å². The third-order valence-electron chi connectivity index (χ3n) is 4.76. The smallest absolute Gasteiger partial charge is 0.191 e. The molecule has 0 spiro atoms. The molecule has 1 aromatic heterocycles. The molecule has 2 N–H and O–H groups in total. The maximum Gasteiger partial charge on any atom is 0.191 e. The topological polar surface area (TPSA) is 57.5 Å². The van der Waals surface area contributed by atoms with Crippen molar-refractivity contribution in [3.8, 4) is 0 Å². The number of nitrogens with zero attached hydrogens (tertiary/aromatic N) is 4. The zero-order chi connectivity index (χ0) is 19.1. The van der Waals surface area contributed by atoms with Crippen molar-refractivity contribution in [1.82, 2.24) is 25.3 Å². The second-order valence-corrected chi connectivity index (χ2v) is 7.45. The molecule has 0 aromatic carbocycles. The Kier molecular flexibility index (Phi) is 8.42. The summed E-state index contributed by atoms with van der Waals surface area (Å²) < 4.78 is 1.96. The van der Waals surface area contributed by atoms with Crippen LogP contribution in [0.5, 0.6) is 0 Å². The number of aryl methyl sites for hydroxylation is 2. The molecule has 0 saturated carbocycles. The number of aliphatic imine (C=N–C) groups is 1.